The van der Waals surface area contributed by atoms with E-state index in [1.54, 1.807) is 6.08 Å². The molecule has 14 heteroatoms. The normalized spacial score (nSPS) is 21.3. The lowest BCUT2D eigenvalue weighted by Crippen LogP contribution is -2.61. The van der Waals surface area contributed by atoms with Gasteiger partial charge >= 0.3 is 10.4 Å². The molecule has 1 aliphatic heterocycles. The Labute approximate surface area is 370 Å². The third-order valence-electron chi connectivity index (χ3n) is 11.6. The fraction of sp³-hybridized carbons (Fsp3) is 0.894. The predicted molar refractivity (Wildman–Crippen MR) is 242 cm³/mol. The van der Waals surface area contributed by atoms with Crippen molar-refractivity contribution in [3.05, 3.63) is 24.3 Å². The van der Waals surface area contributed by atoms with Crippen molar-refractivity contribution >= 4 is 16.3 Å². The van der Waals surface area contributed by atoms with E-state index in [0.717, 1.165) is 25.7 Å². The Morgan fingerprint density at radius 3 is 1.56 bits per heavy atom. The number of hydrogen-bond acceptors (Lipinski definition) is 11. The Hall–Kier alpha value is -1.46. The molecule has 1 amide bonds. The molecule has 61 heavy (non-hydrogen) atoms. The first-order chi connectivity index (χ1) is 29.4. The highest BCUT2D eigenvalue weighted by atomic mass is 32.3. The number of ether oxygens (including phenoxy) is 2. The average molecular weight is 892 g/mol. The molecule has 7 N–H and O–H groups in total. The molecule has 1 heterocycles. The van der Waals surface area contributed by atoms with Crippen LogP contribution in [-0.2, 0) is 28.9 Å². The van der Waals surface area contributed by atoms with E-state index in [9.17, 15) is 38.7 Å². The maximum Gasteiger partial charge on any atom is 0.397 e. The molecule has 0 bridgehead atoms. The highest BCUT2D eigenvalue weighted by Crippen LogP contribution is 2.26. The summed E-state index contributed by atoms with van der Waals surface area (Å²) in [7, 11) is -5.11. The van der Waals surface area contributed by atoms with E-state index in [-0.39, 0.29) is 6.42 Å². The molecular weight excluding hydrogens is 803 g/mol. The molecule has 13 nitrogen and oxygen atoms in total. The molecule has 0 saturated carbocycles. The van der Waals surface area contributed by atoms with Crippen molar-refractivity contribution in [3.63, 3.8) is 0 Å². The molecule has 1 fully saturated rings. The number of carbonyl (C=O) groups excluding carboxylic acids is 1. The maximum absolute atomic E-state index is 12.9. The maximum atomic E-state index is 12.9. The van der Waals surface area contributed by atoms with Gasteiger partial charge in [0.15, 0.2) is 6.29 Å². The number of nitrogens with one attached hydrogen (secondary N) is 1. The van der Waals surface area contributed by atoms with Crippen molar-refractivity contribution in [2.24, 2.45) is 0 Å². The first kappa shape index (κ1) is 57.6. The monoisotopic (exact) mass is 892 g/mol. The standard InChI is InChI=1S/C47H89NO12S/c1-3-5-7-8-9-10-11-12-13-14-15-16-17-18-19-20-21-22-23-24-25-26-27-28-29-30-31-32-34-36-41(51)46(54)48-39(40(50)35-33-6-4-2)38-58-47-44(53)45(60-61(55,56)57)43(52)42(37-49)59-47/h18-19,33,35,39-45,47,49-53H,3-17,20-32,34,36-38H2,1-2H3,(H,48,54)(H,55,56,57)/b19-18-,35-33+. The molecule has 8 atom stereocenters. The molecule has 360 valence electrons. The molecule has 1 saturated heterocycles. The van der Waals surface area contributed by atoms with Gasteiger partial charge in [-0.2, -0.15) is 8.42 Å². The van der Waals surface area contributed by atoms with E-state index in [1.165, 1.54) is 154 Å². The van der Waals surface area contributed by atoms with Crippen LogP contribution in [0.1, 0.15) is 206 Å². The van der Waals surface area contributed by atoms with Crippen molar-refractivity contribution < 1.29 is 57.0 Å². The van der Waals surface area contributed by atoms with Gasteiger partial charge < -0.3 is 40.3 Å². The van der Waals surface area contributed by atoms with Crippen LogP contribution in [0.3, 0.4) is 0 Å². The van der Waals surface area contributed by atoms with Crippen molar-refractivity contribution in [1.82, 2.24) is 5.32 Å². The summed E-state index contributed by atoms with van der Waals surface area (Å²) in [6, 6.07) is -1.11. The summed E-state index contributed by atoms with van der Waals surface area (Å²) in [4.78, 5) is 12.9. The molecule has 0 aromatic carbocycles. The van der Waals surface area contributed by atoms with Crippen LogP contribution in [0.25, 0.3) is 0 Å². The Morgan fingerprint density at radius 2 is 1.11 bits per heavy atom. The van der Waals surface area contributed by atoms with Gasteiger partial charge in [-0.25, -0.2) is 4.18 Å². The van der Waals surface area contributed by atoms with Gasteiger partial charge in [-0.3, -0.25) is 9.35 Å². The van der Waals surface area contributed by atoms with Crippen LogP contribution in [0, 0.1) is 0 Å². The minimum absolute atomic E-state index is 0.242. The first-order valence-corrected chi connectivity index (χ1v) is 25.7. The van der Waals surface area contributed by atoms with Crippen molar-refractivity contribution in [1.29, 1.82) is 0 Å². The Kier molecular flexibility index (Phi) is 35.7. The summed E-state index contributed by atoms with van der Waals surface area (Å²) >= 11 is 0. The van der Waals surface area contributed by atoms with Crippen LogP contribution in [-0.4, -0.2) is 107 Å². The van der Waals surface area contributed by atoms with Gasteiger partial charge in [0.1, 0.15) is 30.5 Å². The van der Waals surface area contributed by atoms with Crippen LogP contribution in [0.4, 0.5) is 0 Å². The quantitative estimate of drug-likeness (QED) is 0.0175. The van der Waals surface area contributed by atoms with Crippen LogP contribution in [0.5, 0.6) is 0 Å². The van der Waals surface area contributed by atoms with Crippen LogP contribution in [0.15, 0.2) is 24.3 Å². The lowest BCUT2D eigenvalue weighted by atomic mass is 9.99. The number of carbonyl (C=O) groups is 1. The molecule has 0 aliphatic carbocycles. The van der Waals surface area contributed by atoms with Crippen molar-refractivity contribution in [2.45, 2.75) is 255 Å². The zero-order valence-corrected chi connectivity index (χ0v) is 38.9. The van der Waals surface area contributed by atoms with Crippen LogP contribution >= 0.6 is 0 Å². The van der Waals surface area contributed by atoms with Gasteiger partial charge in [-0.15, -0.1) is 0 Å². The SMILES string of the molecule is CCC/C=C/C(O)C(COC1OC(CO)C(O)C(OS(=O)(=O)O)C1O)NC(=O)C(O)CCCCCCCCCCCCCCC/C=C\CCCCCCCCCCCCCC. The van der Waals surface area contributed by atoms with Crippen molar-refractivity contribution in [2.75, 3.05) is 13.2 Å². The summed E-state index contributed by atoms with van der Waals surface area (Å²) in [5.41, 5.74) is 0. The number of aliphatic hydroxyl groups is 5. The first-order valence-electron chi connectivity index (χ1n) is 24.3. The minimum Gasteiger partial charge on any atom is -0.394 e. The number of rotatable bonds is 41. The number of hydrogen-bond donors (Lipinski definition) is 7. The van der Waals surface area contributed by atoms with E-state index in [1.807, 2.05) is 6.92 Å². The van der Waals surface area contributed by atoms with E-state index in [4.69, 9.17) is 14.0 Å². The highest BCUT2D eigenvalue weighted by Gasteiger charge is 2.48. The van der Waals surface area contributed by atoms with Gasteiger partial charge in [0.25, 0.3) is 0 Å². The smallest absolute Gasteiger partial charge is 0.394 e. The highest BCUT2D eigenvalue weighted by molar-refractivity contribution is 7.80. The summed E-state index contributed by atoms with van der Waals surface area (Å²) in [5.74, 6) is -0.713. The van der Waals surface area contributed by atoms with E-state index < -0.39 is 78.5 Å². The lowest BCUT2D eigenvalue weighted by Gasteiger charge is -2.41. The van der Waals surface area contributed by atoms with Crippen LogP contribution < -0.4 is 5.32 Å². The zero-order chi connectivity index (χ0) is 45.0. The molecule has 0 aromatic heterocycles. The molecule has 0 aromatic rings. The third kappa shape index (κ3) is 30.3. The largest absolute Gasteiger partial charge is 0.397 e. The van der Waals surface area contributed by atoms with Gasteiger partial charge in [0, 0.05) is 0 Å². The topological polar surface area (TPSA) is 212 Å². The Morgan fingerprint density at radius 1 is 0.656 bits per heavy atom. The fourth-order valence-corrected chi connectivity index (χ4v) is 8.21. The van der Waals surface area contributed by atoms with E-state index in [0.29, 0.717) is 12.8 Å². The predicted octanol–water partition coefficient (Wildman–Crippen LogP) is 8.69. The summed E-state index contributed by atoms with van der Waals surface area (Å²) < 4.78 is 47.0. The van der Waals surface area contributed by atoms with Gasteiger partial charge in [0.2, 0.25) is 5.91 Å². The molecule has 8 unspecified atom stereocenters. The Bertz CT molecular complexity index is 1200. The van der Waals surface area contributed by atoms with Crippen molar-refractivity contribution in [3.8, 4) is 0 Å². The van der Waals surface area contributed by atoms with Gasteiger partial charge in [-0.05, 0) is 38.5 Å². The molecule has 1 aliphatic rings. The van der Waals surface area contributed by atoms with E-state index in [2.05, 4.69) is 28.6 Å². The summed E-state index contributed by atoms with van der Waals surface area (Å²) in [5, 5.41) is 54.4. The second-order valence-electron chi connectivity index (χ2n) is 17.2. The molecule has 0 radical (unpaired) electrons. The summed E-state index contributed by atoms with van der Waals surface area (Å²) in [6.45, 7) is 2.97. The average Bonchev–Trinajstić information content (AvgIpc) is 3.23. The molecular formula is C47H89NO12S. The fourth-order valence-electron chi connectivity index (χ4n) is 7.70. The second kappa shape index (κ2) is 37.9. The number of aliphatic hydroxyl groups excluding tert-OH is 5. The molecule has 0 spiro atoms. The number of amides is 1. The van der Waals surface area contributed by atoms with Crippen LogP contribution in [0.2, 0.25) is 0 Å². The molecule has 1 rings (SSSR count). The summed E-state index contributed by atoms with van der Waals surface area (Å²) in [6.07, 6.45) is 32.8. The number of unbranched alkanes of at least 4 members (excludes halogenated alkanes) is 26. The minimum atomic E-state index is -5.11. The second-order valence-corrected chi connectivity index (χ2v) is 18.2. The lowest BCUT2D eigenvalue weighted by molar-refractivity contribution is -0.298. The van der Waals surface area contributed by atoms with Gasteiger partial charge in [-0.1, -0.05) is 192 Å². The third-order valence-corrected chi connectivity index (χ3v) is 12.0. The van der Waals surface area contributed by atoms with E-state index >= 15 is 0 Å². The van der Waals surface area contributed by atoms with Gasteiger partial charge in [0.05, 0.1) is 25.4 Å². The zero-order valence-electron chi connectivity index (χ0n) is 38.1. The number of allylic oxidation sites excluding steroid dienone is 3. The Balaban J connectivity index is 2.15.